The van der Waals surface area contributed by atoms with Crippen molar-refractivity contribution in [3.63, 3.8) is 0 Å². The van der Waals surface area contributed by atoms with E-state index in [0.717, 1.165) is 5.82 Å². The van der Waals surface area contributed by atoms with Crippen molar-refractivity contribution in [2.45, 2.75) is 49.0 Å². The van der Waals surface area contributed by atoms with Crippen LogP contribution in [0.5, 0.6) is 0 Å². The van der Waals surface area contributed by atoms with Gasteiger partial charge in [-0.25, -0.2) is 13.4 Å². The maximum absolute atomic E-state index is 13.4. The lowest BCUT2D eigenvalue weighted by Crippen LogP contribution is -2.49. The molecular formula is C20H28N4O2S. The van der Waals surface area contributed by atoms with Gasteiger partial charge in [0.05, 0.1) is 10.9 Å². The molecule has 0 bridgehead atoms. The van der Waals surface area contributed by atoms with Crippen LogP contribution in [0.1, 0.15) is 55.5 Å². The van der Waals surface area contributed by atoms with Gasteiger partial charge in [-0.1, -0.05) is 31.4 Å². The van der Waals surface area contributed by atoms with Gasteiger partial charge in [0.1, 0.15) is 5.82 Å². The van der Waals surface area contributed by atoms with E-state index >= 15 is 0 Å². The Bertz CT molecular complexity index is 870. The first-order valence-corrected chi connectivity index (χ1v) is 11.3. The van der Waals surface area contributed by atoms with Crippen LogP contribution < -0.4 is 5.32 Å². The van der Waals surface area contributed by atoms with Crippen molar-refractivity contribution in [3.05, 3.63) is 48.0 Å². The number of piperazine rings is 1. The highest BCUT2D eigenvalue weighted by molar-refractivity contribution is 7.89. The summed E-state index contributed by atoms with van der Waals surface area (Å²) in [6.07, 6.45) is 9.87. The van der Waals surface area contributed by atoms with E-state index in [-0.39, 0.29) is 6.04 Å². The second-order valence-electron chi connectivity index (χ2n) is 7.64. The number of imidazole rings is 1. The molecule has 2 fully saturated rings. The minimum absolute atomic E-state index is 0.290. The molecule has 1 aromatic heterocycles. The van der Waals surface area contributed by atoms with Crippen LogP contribution >= 0.6 is 0 Å². The van der Waals surface area contributed by atoms with Gasteiger partial charge in [-0.2, -0.15) is 4.31 Å². The number of benzene rings is 1. The van der Waals surface area contributed by atoms with Crippen LogP contribution in [-0.2, 0) is 17.1 Å². The molecule has 4 rings (SSSR count). The van der Waals surface area contributed by atoms with E-state index in [9.17, 15) is 8.42 Å². The number of aryl methyl sites for hydroxylation is 1. The largest absolute Gasteiger partial charge is 0.337 e. The fourth-order valence-corrected chi connectivity index (χ4v) is 5.96. The molecule has 1 saturated heterocycles. The van der Waals surface area contributed by atoms with Crippen LogP contribution in [0.3, 0.4) is 0 Å². The lowest BCUT2D eigenvalue weighted by molar-refractivity contribution is 0.258. The zero-order chi connectivity index (χ0) is 18.9. The van der Waals surface area contributed by atoms with Crippen molar-refractivity contribution in [2.24, 2.45) is 7.05 Å². The van der Waals surface area contributed by atoms with Gasteiger partial charge in [0.2, 0.25) is 10.0 Å². The Morgan fingerprint density at radius 2 is 1.85 bits per heavy atom. The topological polar surface area (TPSA) is 67.2 Å². The van der Waals surface area contributed by atoms with E-state index in [4.69, 9.17) is 0 Å². The molecule has 7 heteroatoms. The molecule has 1 unspecified atom stereocenters. The Hall–Kier alpha value is -1.70. The molecule has 1 aliphatic carbocycles. The van der Waals surface area contributed by atoms with Crippen molar-refractivity contribution >= 4 is 10.0 Å². The molecule has 1 aromatic carbocycles. The van der Waals surface area contributed by atoms with Crippen LogP contribution in [0.4, 0.5) is 0 Å². The monoisotopic (exact) mass is 388 g/mol. The van der Waals surface area contributed by atoms with Crippen LogP contribution in [-0.4, -0.2) is 41.9 Å². The van der Waals surface area contributed by atoms with E-state index in [1.807, 2.05) is 29.9 Å². The number of sulfonamides is 1. The van der Waals surface area contributed by atoms with Gasteiger partial charge >= 0.3 is 0 Å². The maximum atomic E-state index is 13.4. The summed E-state index contributed by atoms with van der Waals surface area (Å²) in [5, 5.41) is 3.30. The lowest BCUT2D eigenvalue weighted by Gasteiger charge is -2.34. The third-order valence-electron chi connectivity index (χ3n) is 5.91. The van der Waals surface area contributed by atoms with Gasteiger partial charge in [0.25, 0.3) is 0 Å². The minimum Gasteiger partial charge on any atom is -0.337 e. The van der Waals surface area contributed by atoms with Crippen molar-refractivity contribution in [1.82, 2.24) is 19.2 Å². The van der Waals surface area contributed by atoms with E-state index < -0.39 is 10.0 Å². The number of rotatable bonds is 4. The highest BCUT2D eigenvalue weighted by atomic mass is 32.2. The summed E-state index contributed by atoms with van der Waals surface area (Å²) in [7, 11) is -1.66. The highest BCUT2D eigenvalue weighted by Crippen LogP contribution is 2.34. The van der Waals surface area contributed by atoms with Crippen molar-refractivity contribution in [2.75, 3.05) is 19.6 Å². The molecule has 0 amide bonds. The number of aromatic nitrogens is 2. The number of nitrogens with zero attached hydrogens (tertiary/aromatic N) is 3. The van der Waals surface area contributed by atoms with Crippen LogP contribution in [0.15, 0.2) is 41.6 Å². The molecule has 2 heterocycles. The smallest absolute Gasteiger partial charge is 0.243 e. The summed E-state index contributed by atoms with van der Waals surface area (Å²) in [5.41, 5.74) is 1.27. The quantitative estimate of drug-likeness (QED) is 0.875. The van der Waals surface area contributed by atoms with Crippen molar-refractivity contribution < 1.29 is 8.42 Å². The molecule has 2 aliphatic rings. The van der Waals surface area contributed by atoms with E-state index in [2.05, 4.69) is 10.3 Å². The summed E-state index contributed by atoms with van der Waals surface area (Å²) in [6, 6.07) is 7.32. The second-order valence-corrected chi connectivity index (χ2v) is 9.53. The second kappa shape index (κ2) is 7.73. The van der Waals surface area contributed by atoms with Crippen LogP contribution in [0.25, 0.3) is 0 Å². The average Bonchev–Trinajstić information content (AvgIpc) is 3.14. The van der Waals surface area contributed by atoms with Gasteiger partial charge in [0, 0.05) is 39.1 Å². The third-order valence-corrected chi connectivity index (χ3v) is 7.84. The van der Waals surface area contributed by atoms with Gasteiger partial charge in [-0.05, 0) is 36.5 Å². The fraction of sp³-hybridized carbons (Fsp3) is 0.550. The predicted molar refractivity (Wildman–Crippen MR) is 105 cm³/mol. The predicted octanol–water partition coefficient (Wildman–Crippen LogP) is 2.80. The van der Waals surface area contributed by atoms with Gasteiger partial charge in [0.15, 0.2) is 0 Å². The van der Waals surface area contributed by atoms with Gasteiger partial charge < -0.3 is 9.88 Å². The summed E-state index contributed by atoms with van der Waals surface area (Å²) >= 11 is 0. The Balaban J connectivity index is 1.60. The first-order chi connectivity index (χ1) is 13.1. The van der Waals surface area contributed by atoms with E-state index in [1.165, 1.54) is 37.7 Å². The molecule has 1 saturated carbocycles. The molecule has 0 spiro atoms. The maximum Gasteiger partial charge on any atom is 0.243 e. The Kier molecular flexibility index (Phi) is 5.34. The molecule has 6 nitrogen and oxygen atoms in total. The molecule has 146 valence electrons. The number of nitrogens with one attached hydrogen (secondary N) is 1. The van der Waals surface area contributed by atoms with Crippen LogP contribution in [0, 0.1) is 0 Å². The van der Waals surface area contributed by atoms with E-state index in [1.54, 1.807) is 22.6 Å². The third kappa shape index (κ3) is 3.68. The SMILES string of the molecule is Cn1ccnc1C1CNCCN1S(=O)(=O)c1ccc(C2CCCCC2)cc1. The average molecular weight is 389 g/mol. The Morgan fingerprint density at radius 1 is 1.11 bits per heavy atom. The van der Waals surface area contributed by atoms with Crippen molar-refractivity contribution in [3.8, 4) is 0 Å². The zero-order valence-corrected chi connectivity index (χ0v) is 16.7. The van der Waals surface area contributed by atoms with Crippen molar-refractivity contribution in [1.29, 1.82) is 0 Å². The summed E-state index contributed by atoms with van der Waals surface area (Å²) < 4.78 is 30.2. The standard InChI is InChI=1S/C20H28N4O2S/c1-23-13-12-22-20(23)19-15-21-11-14-24(19)27(25,26)18-9-7-17(8-10-18)16-5-3-2-4-6-16/h7-10,12-13,16,19,21H,2-6,11,14-15H2,1H3. The lowest BCUT2D eigenvalue weighted by atomic mass is 9.84. The first kappa shape index (κ1) is 18.7. The fourth-order valence-electron chi connectivity index (χ4n) is 4.37. The Labute approximate surface area is 161 Å². The van der Waals surface area contributed by atoms with E-state index in [0.29, 0.717) is 30.4 Å². The molecule has 0 radical (unpaired) electrons. The van der Waals surface area contributed by atoms with Crippen LogP contribution in [0.2, 0.25) is 0 Å². The first-order valence-electron chi connectivity index (χ1n) is 9.87. The molecule has 1 atom stereocenters. The summed E-state index contributed by atoms with van der Waals surface area (Å²) in [4.78, 5) is 4.77. The molecule has 27 heavy (non-hydrogen) atoms. The summed E-state index contributed by atoms with van der Waals surface area (Å²) in [5.74, 6) is 1.35. The zero-order valence-electron chi connectivity index (χ0n) is 15.8. The van der Waals surface area contributed by atoms with Gasteiger partial charge in [-0.15, -0.1) is 0 Å². The van der Waals surface area contributed by atoms with Gasteiger partial charge in [-0.3, -0.25) is 0 Å². The molecular weight excluding hydrogens is 360 g/mol. The number of hydrogen-bond donors (Lipinski definition) is 1. The normalized spacial score (nSPS) is 22.8. The number of hydrogen-bond acceptors (Lipinski definition) is 4. The molecule has 1 aliphatic heterocycles. The Morgan fingerprint density at radius 3 is 2.52 bits per heavy atom. The molecule has 2 aromatic rings. The molecule has 1 N–H and O–H groups in total. The summed E-state index contributed by atoms with van der Waals surface area (Å²) in [6.45, 7) is 1.68. The highest BCUT2D eigenvalue weighted by Gasteiger charge is 2.36. The minimum atomic E-state index is -3.56.